The maximum absolute atomic E-state index is 13.0. The Hall–Kier alpha value is -0.250. The van der Waals surface area contributed by atoms with Gasteiger partial charge in [-0.2, -0.15) is 11.8 Å². The van der Waals surface area contributed by atoms with Crippen molar-refractivity contribution in [3.63, 3.8) is 0 Å². The molecule has 1 nitrogen and oxygen atoms in total. The van der Waals surface area contributed by atoms with Gasteiger partial charge in [0.2, 0.25) is 0 Å². The highest BCUT2D eigenvalue weighted by atomic mass is 35.5. The zero-order valence-electron chi connectivity index (χ0n) is 10.4. The lowest BCUT2D eigenvalue weighted by atomic mass is 10.1. The normalized spacial score (nSPS) is 18.2. The maximum atomic E-state index is 13.0. The van der Waals surface area contributed by atoms with E-state index in [0.29, 0.717) is 0 Å². The molecular weight excluding hydrogens is 269 g/mol. The fourth-order valence-corrected chi connectivity index (χ4v) is 3.85. The first-order valence-electron chi connectivity index (χ1n) is 6.46. The van der Waals surface area contributed by atoms with Crippen molar-refractivity contribution < 1.29 is 4.39 Å². The molecular formula is C14H19ClFNS. The largest absolute Gasteiger partial charge is 0.327 e. The molecule has 0 spiro atoms. The van der Waals surface area contributed by atoms with Crippen LogP contribution in [0.2, 0.25) is 5.02 Å². The fraction of sp³-hybridized carbons (Fsp3) is 0.571. The Balaban J connectivity index is 1.78. The van der Waals surface area contributed by atoms with E-state index in [4.69, 9.17) is 17.3 Å². The molecule has 1 fully saturated rings. The van der Waals surface area contributed by atoms with Gasteiger partial charge in [0.05, 0.1) is 5.02 Å². The fourth-order valence-electron chi connectivity index (χ4n) is 2.34. The predicted molar refractivity (Wildman–Crippen MR) is 77.8 cm³/mol. The molecule has 4 heteroatoms. The number of hydrogen-bond donors (Lipinski definition) is 1. The SMILES string of the molecule is NC(CSC1CCCC1)Cc1ccc(F)c(Cl)c1. The number of thioether (sulfide) groups is 1. The van der Waals surface area contributed by atoms with Gasteiger partial charge in [0.15, 0.2) is 0 Å². The summed E-state index contributed by atoms with van der Waals surface area (Å²) in [6, 6.07) is 4.98. The lowest BCUT2D eigenvalue weighted by molar-refractivity contribution is 0.626. The van der Waals surface area contributed by atoms with Crippen LogP contribution in [0.4, 0.5) is 4.39 Å². The minimum Gasteiger partial charge on any atom is -0.327 e. The van der Waals surface area contributed by atoms with E-state index in [1.807, 2.05) is 11.8 Å². The van der Waals surface area contributed by atoms with Crippen LogP contribution >= 0.6 is 23.4 Å². The van der Waals surface area contributed by atoms with Crippen LogP contribution in [-0.4, -0.2) is 17.0 Å². The van der Waals surface area contributed by atoms with E-state index in [0.717, 1.165) is 23.0 Å². The summed E-state index contributed by atoms with van der Waals surface area (Å²) in [5, 5.41) is 0.982. The Morgan fingerprint density at radius 2 is 2.11 bits per heavy atom. The first-order chi connectivity index (χ1) is 8.65. The first-order valence-corrected chi connectivity index (χ1v) is 7.89. The number of benzene rings is 1. The van der Waals surface area contributed by atoms with E-state index in [9.17, 15) is 4.39 Å². The van der Waals surface area contributed by atoms with Gasteiger partial charge in [0.1, 0.15) is 5.82 Å². The summed E-state index contributed by atoms with van der Waals surface area (Å²) in [4.78, 5) is 0. The number of rotatable bonds is 5. The molecule has 0 radical (unpaired) electrons. The van der Waals surface area contributed by atoms with Crippen LogP contribution in [0.5, 0.6) is 0 Å². The van der Waals surface area contributed by atoms with Crippen molar-refractivity contribution in [2.24, 2.45) is 5.73 Å². The molecule has 2 rings (SSSR count). The van der Waals surface area contributed by atoms with Gasteiger partial charge in [-0.3, -0.25) is 0 Å². The Morgan fingerprint density at radius 3 is 2.78 bits per heavy atom. The van der Waals surface area contributed by atoms with Crippen LogP contribution in [0.25, 0.3) is 0 Å². The zero-order valence-corrected chi connectivity index (χ0v) is 11.9. The average molecular weight is 288 g/mol. The molecule has 0 saturated heterocycles. The molecule has 0 amide bonds. The Labute approximate surface area is 117 Å². The number of halogens is 2. The molecule has 1 aliphatic carbocycles. The molecule has 2 N–H and O–H groups in total. The summed E-state index contributed by atoms with van der Waals surface area (Å²) >= 11 is 7.74. The quantitative estimate of drug-likeness (QED) is 0.885. The van der Waals surface area contributed by atoms with E-state index in [2.05, 4.69) is 0 Å². The van der Waals surface area contributed by atoms with Crippen molar-refractivity contribution in [1.82, 2.24) is 0 Å². The van der Waals surface area contributed by atoms with Crippen molar-refractivity contribution in [3.05, 3.63) is 34.6 Å². The third-order valence-electron chi connectivity index (χ3n) is 3.33. The molecule has 0 aliphatic heterocycles. The minimum atomic E-state index is -0.366. The van der Waals surface area contributed by atoms with Crippen molar-refractivity contribution in [1.29, 1.82) is 0 Å². The van der Waals surface area contributed by atoms with Crippen LogP contribution in [0.3, 0.4) is 0 Å². The first kappa shape index (κ1) is 14.2. The highest BCUT2D eigenvalue weighted by Crippen LogP contribution is 2.29. The summed E-state index contributed by atoms with van der Waals surface area (Å²) in [7, 11) is 0. The van der Waals surface area contributed by atoms with Gasteiger partial charge in [-0.1, -0.05) is 30.5 Å². The molecule has 0 heterocycles. The van der Waals surface area contributed by atoms with E-state index in [1.54, 1.807) is 12.1 Å². The molecule has 18 heavy (non-hydrogen) atoms. The zero-order chi connectivity index (χ0) is 13.0. The standard InChI is InChI=1S/C14H19ClFNS/c15-13-8-10(5-6-14(13)16)7-11(17)9-18-12-3-1-2-4-12/h5-6,8,11-12H,1-4,7,9,17H2. The predicted octanol–water partition coefficient (Wildman–Crippen LogP) is 4.02. The van der Waals surface area contributed by atoms with E-state index >= 15 is 0 Å². The minimum absolute atomic E-state index is 0.122. The second kappa shape index (κ2) is 6.78. The number of hydrogen-bond acceptors (Lipinski definition) is 2. The van der Waals surface area contributed by atoms with Crippen molar-refractivity contribution in [2.45, 2.75) is 43.4 Å². The van der Waals surface area contributed by atoms with Crippen molar-refractivity contribution in [3.8, 4) is 0 Å². The van der Waals surface area contributed by atoms with Gasteiger partial charge in [-0.15, -0.1) is 0 Å². The highest BCUT2D eigenvalue weighted by Gasteiger charge is 2.16. The summed E-state index contributed by atoms with van der Waals surface area (Å²) in [5.74, 6) is 0.606. The topological polar surface area (TPSA) is 26.0 Å². The van der Waals surface area contributed by atoms with Gasteiger partial charge in [0, 0.05) is 17.0 Å². The van der Waals surface area contributed by atoms with E-state index in [-0.39, 0.29) is 16.9 Å². The summed E-state index contributed by atoms with van der Waals surface area (Å²) < 4.78 is 13.0. The van der Waals surface area contributed by atoms with Crippen molar-refractivity contribution in [2.75, 3.05) is 5.75 Å². The molecule has 1 aromatic carbocycles. The van der Waals surface area contributed by atoms with Crippen LogP contribution in [-0.2, 0) is 6.42 Å². The van der Waals surface area contributed by atoms with Crippen LogP contribution in [0.15, 0.2) is 18.2 Å². The molecule has 0 bridgehead atoms. The molecule has 1 unspecified atom stereocenters. The molecule has 1 aromatic rings. The smallest absolute Gasteiger partial charge is 0.141 e. The van der Waals surface area contributed by atoms with Gasteiger partial charge in [-0.25, -0.2) is 4.39 Å². The van der Waals surface area contributed by atoms with Crippen molar-refractivity contribution >= 4 is 23.4 Å². The summed E-state index contributed by atoms with van der Waals surface area (Å²) in [6.45, 7) is 0. The third-order valence-corrected chi connectivity index (χ3v) is 5.18. The van der Waals surface area contributed by atoms with Crippen LogP contribution < -0.4 is 5.73 Å². The van der Waals surface area contributed by atoms with Gasteiger partial charge < -0.3 is 5.73 Å². The third kappa shape index (κ3) is 4.15. The molecule has 100 valence electrons. The maximum Gasteiger partial charge on any atom is 0.141 e. The van der Waals surface area contributed by atoms with Crippen LogP contribution in [0, 0.1) is 5.82 Å². The lowest BCUT2D eigenvalue weighted by Gasteiger charge is -2.14. The highest BCUT2D eigenvalue weighted by molar-refractivity contribution is 7.99. The lowest BCUT2D eigenvalue weighted by Crippen LogP contribution is -2.26. The van der Waals surface area contributed by atoms with Crippen LogP contribution in [0.1, 0.15) is 31.2 Å². The average Bonchev–Trinajstić information content (AvgIpc) is 2.84. The monoisotopic (exact) mass is 287 g/mol. The second-order valence-electron chi connectivity index (χ2n) is 4.95. The summed E-state index contributed by atoms with van der Waals surface area (Å²) in [6.07, 6.45) is 6.15. The van der Waals surface area contributed by atoms with Gasteiger partial charge in [0.25, 0.3) is 0 Å². The Morgan fingerprint density at radius 1 is 1.39 bits per heavy atom. The van der Waals surface area contributed by atoms with E-state index < -0.39 is 0 Å². The van der Waals surface area contributed by atoms with E-state index in [1.165, 1.54) is 31.7 Å². The second-order valence-corrected chi connectivity index (χ2v) is 6.69. The Bertz CT molecular complexity index is 393. The molecule has 1 atom stereocenters. The van der Waals surface area contributed by atoms with Gasteiger partial charge in [-0.05, 0) is 37.0 Å². The number of nitrogens with two attached hydrogens (primary N) is 1. The van der Waals surface area contributed by atoms with Gasteiger partial charge >= 0.3 is 0 Å². The molecule has 1 aliphatic rings. The molecule has 1 saturated carbocycles. The summed E-state index contributed by atoms with van der Waals surface area (Å²) in [5.41, 5.74) is 7.13. The Kier molecular flexibility index (Phi) is 5.34. The molecule has 0 aromatic heterocycles.